The zero-order valence-electron chi connectivity index (χ0n) is 9.89. The number of hydroxylamine groups is 1. The molecule has 0 saturated carbocycles. The third-order valence-corrected chi connectivity index (χ3v) is 1.82. The van der Waals surface area contributed by atoms with Crippen molar-refractivity contribution in [2.24, 2.45) is 0 Å². The highest BCUT2D eigenvalue weighted by Crippen LogP contribution is 2.28. The molecule has 0 atom stereocenters. The molecule has 0 radical (unpaired) electrons. The lowest BCUT2D eigenvalue weighted by molar-refractivity contribution is -0.383. The highest BCUT2D eigenvalue weighted by Gasteiger charge is 2.14. The van der Waals surface area contributed by atoms with Crippen LogP contribution in [0, 0.1) is 10.1 Å². The summed E-state index contributed by atoms with van der Waals surface area (Å²) in [5.74, 6) is 0. The van der Waals surface area contributed by atoms with Gasteiger partial charge in [-0.1, -0.05) is 13.8 Å². The van der Waals surface area contributed by atoms with E-state index in [2.05, 4.69) is 5.32 Å². The van der Waals surface area contributed by atoms with Crippen LogP contribution < -0.4 is 10.4 Å². The maximum Gasteiger partial charge on any atom is 0.294 e. The van der Waals surface area contributed by atoms with Crippen molar-refractivity contribution < 1.29 is 10.1 Å². The molecule has 90 valence electrons. The summed E-state index contributed by atoms with van der Waals surface area (Å²) in [6.45, 7) is 4.00. The minimum Gasteiger partial charge on any atom is -0.383 e. The predicted molar refractivity (Wildman–Crippen MR) is 64.2 cm³/mol. The van der Waals surface area contributed by atoms with Gasteiger partial charge in [-0.25, -0.2) is 0 Å². The van der Waals surface area contributed by atoms with Gasteiger partial charge >= 0.3 is 0 Å². The van der Waals surface area contributed by atoms with Crippen LogP contribution in [0.2, 0.25) is 0 Å². The molecule has 0 saturated heterocycles. The summed E-state index contributed by atoms with van der Waals surface area (Å²) in [6.07, 6.45) is 0. The third kappa shape index (κ3) is 3.39. The number of nitro groups is 1. The van der Waals surface area contributed by atoms with Crippen molar-refractivity contribution in [1.82, 2.24) is 0 Å². The van der Waals surface area contributed by atoms with Crippen LogP contribution in [0.1, 0.15) is 13.8 Å². The van der Waals surface area contributed by atoms with Crippen molar-refractivity contribution in [2.45, 2.75) is 13.8 Å². The van der Waals surface area contributed by atoms with Gasteiger partial charge in [0.2, 0.25) is 0 Å². The average Bonchev–Trinajstić information content (AvgIpc) is 2.30. The van der Waals surface area contributed by atoms with Crippen LogP contribution in [0.4, 0.5) is 17.1 Å². The molecule has 1 rings (SSSR count). The van der Waals surface area contributed by atoms with E-state index in [0.717, 1.165) is 5.06 Å². The smallest absolute Gasteiger partial charge is 0.294 e. The van der Waals surface area contributed by atoms with E-state index in [0.29, 0.717) is 11.4 Å². The van der Waals surface area contributed by atoms with Gasteiger partial charge in [-0.15, -0.1) is 0 Å². The molecule has 0 amide bonds. The second-order valence-electron chi connectivity index (χ2n) is 2.73. The number of nitro benzene ring substituents is 1. The molecule has 16 heavy (non-hydrogen) atoms. The summed E-state index contributed by atoms with van der Waals surface area (Å²) in [5, 5.41) is 23.2. The van der Waals surface area contributed by atoms with Crippen molar-refractivity contribution >= 4 is 17.1 Å². The Kier molecular flexibility index (Phi) is 5.87. The molecule has 6 nitrogen and oxygen atoms in total. The van der Waals surface area contributed by atoms with E-state index in [1.165, 1.54) is 13.1 Å². The summed E-state index contributed by atoms with van der Waals surface area (Å²) in [7, 11) is 3.00. The van der Waals surface area contributed by atoms with Crippen LogP contribution in [0.25, 0.3) is 0 Å². The van der Waals surface area contributed by atoms with Crippen LogP contribution in [0.3, 0.4) is 0 Å². The van der Waals surface area contributed by atoms with E-state index in [4.69, 9.17) is 5.21 Å². The second kappa shape index (κ2) is 6.62. The van der Waals surface area contributed by atoms with Gasteiger partial charge in [-0.2, -0.15) is 0 Å². The number of rotatable bonds is 3. The summed E-state index contributed by atoms with van der Waals surface area (Å²) < 4.78 is 0. The number of benzene rings is 1. The molecular weight excluding hydrogens is 210 g/mol. The topological polar surface area (TPSA) is 78.6 Å². The maximum absolute atomic E-state index is 10.6. The fraction of sp³-hybridized carbons (Fsp3) is 0.400. The Bertz CT molecular complexity index is 353. The largest absolute Gasteiger partial charge is 0.383 e. The highest BCUT2D eigenvalue weighted by molar-refractivity contribution is 5.67. The van der Waals surface area contributed by atoms with Gasteiger partial charge in [0.15, 0.2) is 0 Å². The van der Waals surface area contributed by atoms with E-state index in [-0.39, 0.29) is 5.69 Å². The summed E-state index contributed by atoms with van der Waals surface area (Å²) in [6, 6.07) is 4.42. The molecule has 0 aromatic heterocycles. The number of hydrogen-bond acceptors (Lipinski definition) is 5. The van der Waals surface area contributed by atoms with E-state index in [1.54, 1.807) is 19.2 Å². The van der Waals surface area contributed by atoms with Gasteiger partial charge in [-0.05, 0) is 12.1 Å². The van der Waals surface area contributed by atoms with Crippen molar-refractivity contribution in [3.63, 3.8) is 0 Å². The Morgan fingerprint density at radius 3 is 2.38 bits per heavy atom. The van der Waals surface area contributed by atoms with Crippen LogP contribution in [-0.4, -0.2) is 24.2 Å². The molecular formula is C10H17N3O3. The van der Waals surface area contributed by atoms with Crippen LogP contribution in [-0.2, 0) is 0 Å². The fourth-order valence-corrected chi connectivity index (χ4v) is 1.08. The average molecular weight is 227 g/mol. The zero-order chi connectivity index (χ0) is 12.7. The first-order valence-corrected chi connectivity index (χ1v) is 4.95. The normalized spacial score (nSPS) is 8.81. The molecule has 0 aliphatic heterocycles. The molecule has 0 fully saturated rings. The molecule has 0 bridgehead atoms. The molecule has 0 aliphatic rings. The standard InChI is InChI=1S/C8H11N3O3.C2H6/c1-9-7-4-3-6(10(2)12)5-8(7)11(13)14;1-2/h3-5,9,12H,1-2H3;1-2H3. The Labute approximate surface area is 94.6 Å². The SMILES string of the molecule is CC.CNc1ccc(N(C)O)cc1[N+](=O)[O-]. The highest BCUT2D eigenvalue weighted by atomic mass is 16.6. The van der Waals surface area contributed by atoms with Gasteiger partial charge in [-0.3, -0.25) is 20.4 Å². The molecule has 0 heterocycles. The van der Waals surface area contributed by atoms with Crippen molar-refractivity contribution in [3.8, 4) is 0 Å². The summed E-state index contributed by atoms with van der Waals surface area (Å²) >= 11 is 0. The second-order valence-corrected chi connectivity index (χ2v) is 2.73. The maximum atomic E-state index is 10.6. The molecule has 1 aromatic rings. The van der Waals surface area contributed by atoms with Crippen molar-refractivity contribution in [1.29, 1.82) is 0 Å². The Hall–Kier alpha value is -1.82. The van der Waals surface area contributed by atoms with Crippen LogP contribution in [0.5, 0.6) is 0 Å². The molecule has 2 N–H and O–H groups in total. The van der Waals surface area contributed by atoms with E-state index >= 15 is 0 Å². The Morgan fingerprint density at radius 1 is 1.44 bits per heavy atom. The molecule has 6 heteroatoms. The monoisotopic (exact) mass is 227 g/mol. The van der Waals surface area contributed by atoms with Crippen molar-refractivity contribution in [2.75, 3.05) is 24.5 Å². The zero-order valence-corrected chi connectivity index (χ0v) is 9.89. The predicted octanol–water partition coefficient (Wildman–Crippen LogP) is 2.49. The van der Waals surface area contributed by atoms with Gasteiger partial charge in [0.1, 0.15) is 5.69 Å². The molecule has 0 spiro atoms. The quantitative estimate of drug-likeness (QED) is 0.612. The molecule has 0 unspecified atom stereocenters. The number of anilines is 2. The summed E-state index contributed by atoms with van der Waals surface area (Å²) in [4.78, 5) is 10.1. The minimum absolute atomic E-state index is 0.0640. The Morgan fingerprint density at radius 2 is 2.00 bits per heavy atom. The Balaban J connectivity index is 0.00000106. The van der Waals surface area contributed by atoms with E-state index in [1.807, 2.05) is 13.8 Å². The lowest BCUT2D eigenvalue weighted by atomic mass is 10.2. The van der Waals surface area contributed by atoms with Gasteiger partial charge in [0, 0.05) is 20.2 Å². The van der Waals surface area contributed by atoms with Crippen LogP contribution in [0.15, 0.2) is 18.2 Å². The first-order chi connectivity index (χ1) is 7.56. The lowest BCUT2D eigenvalue weighted by Crippen LogP contribution is -2.10. The molecule has 0 aliphatic carbocycles. The number of nitrogens with one attached hydrogen (secondary N) is 1. The third-order valence-electron chi connectivity index (χ3n) is 1.82. The first kappa shape index (κ1) is 14.2. The number of nitrogens with zero attached hydrogens (tertiary/aromatic N) is 2. The summed E-state index contributed by atoms with van der Waals surface area (Å²) in [5.41, 5.74) is 0.724. The van der Waals surface area contributed by atoms with E-state index in [9.17, 15) is 10.1 Å². The van der Waals surface area contributed by atoms with Gasteiger partial charge < -0.3 is 5.32 Å². The van der Waals surface area contributed by atoms with Crippen LogP contribution >= 0.6 is 0 Å². The fourth-order valence-electron chi connectivity index (χ4n) is 1.08. The first-order valence-electron chi connectivity index (χ1n) is 4.95. The van der Waals surface area contributed by atoms with Gasteiger partial charge in [0.05, 0.1) is 10.6 Å². The minimum atomic E-state index is -0.501. The van der Waals surface area contributed by atoms with E-state index < -0.39 is 4.92 Å². The lowest BCUT2D eigenvalue weighted by Gasteiger charge is -2.10. The molecule has 1 aromatic carbocycles. The van der Waals surface area contributed by atoms with Gasteiger partial charge in [0.25, 0.3) is 5.69 Å². The number of hydrogen-bond donors (Lipinski definition) is 2. The van der Waals surface area contributed by atoms with Crippen molar-refractivity contribution in [3.05, 3.63) is 28.3 Å².